The fourth-order valence-corrected chi connectivity index (χ4v) is 4.24. The Morgan fingerprint density at radius 3 is 2.77 bits per heavy atom. The Morgan fingerprint density at radius 2 is 2.05 bits per heavy atom. The van der Waals surface area contributed by atoms with Crippen LogP contribution < -0.4 is 4.72 Å². The predicted octanol–water partition coefficient (Wildman–Crippen LogP) is 2.90. The third-order valence-corrected chi connectivity index (χ3v) is 7.15. The van der Waals surface area contributed by atoms with Gasteiger partial charge in [0, 0.05) is 12.2 Å². The number of anilines is 1. The summed E-state index contributed by atoms with van der Waals surface area (Å²) in [7, 11) is -3.37. The maximum absolute atomic E-state index is 12.2. The van der Waals surface area contributed by atoms with Crippen molar-refractivity contribution >= 4 is 15.8 Å². The van der Waals surface area contributed by atoms with Gasteiger partial charge in [-0.05, 0) is 77.1 Å². The summed E-state index contributed by atoms with van der Waals surface area (Å²) in [5.41, 5.74) is 1.23. The maximum Gasteiger partial charge on any atom is 0.238 e. The average molecular weight is 325 g/mol. The summed E-state index contributed by atoms with van der Waals surface area (Å²) >= 11 is 0. The van der Waals surface area contributed by atoms with E-state index in [0.29, 0.717) is 11.7 Å². The van der Waals surface area contributed by atoms with E-state index in [-0.39, 0.29) is 0 Å². The lowest BCUT2D eigenvalue weighted by Gasteiger charge is -2.34. The molecule has 0 amide bonds. The zero-order chi connectivity index (χ0) is 16.0. The maximum atomic E-state index is 12.2. The second-order valence-electron chi connectivity index (χ2n) is 7.62. The van der Waals surface area contributed by atoms with Gasteiger partial charge in [-0.1, -0.05) is 0 Å². The zero-order valence-corrected chi connectivity index (χ0v) is 14.5. The highest BCUT2D eigenvalue weighted by atomic mass is 32.2. The smallest absolute Gasteiger partial charge is 0.238 e. The molecule has 1 aromatic heterocycles. The Balaban J connectivity index is 1.69. The number of fused-ring (bicyclic) bond motifs is 1. The summed E-state index contributed by atoms with van der Waals surface area (Å²) in [5.74, 6) is 1.13. The molecule has 0 radical (unpaired) electrons. The number of hydrogen-bond donors (Lipinski definition) is 2. The molecule has 6 heteroatoms. The van der Waals surface area contributed by atoms with Gasteiger partial charge in [0.2, 0.25) is 10.0 Å². The molecule has 2 N–H and O–H groups in total. The Bertz CT molecular complexity index is 630. The van der Waals surface area contributed by atoms with Crippen molar-refractivity contribution < 1.29 is 8.42 Å². The third-order valence-electron chi connectivity index (χ3n) is 5.05. The van der Waals surface area contributed by atoms with Gasteiger partial charge in [-0.2, -0.15) is 0 Å². The van der Waals surface area contributed by atoms with Gasteiger partial charge in [0.05, 0.1) is 4.75 Å². The van der Waals surface area contributed by atoms with E-state index >= 15 is 0 Å². The molecule has 2 aliphatic heterocycles. The quantitative estimate of drug-likeness (QED) is 0.898. The number of nitrogens with one attached hydrogen (secondary N) is 2. The molecule has 0 saturated carbocycles. The van der Waals surface area contributed by atoms with Crippen LogP contribution in [0.4, 0.5) is 5.82 Å². The molecule has 22 heavy (non-hydrogen) atoms. The fraction of sp³-hybridized carbons (Fsp3) is 0.750. The van der Waals surface area contributed by atoms with Crippen LogP contribution in [-0.2, 0) is 10.0 Å². The number of aromatic amines is 1. The Hall–Kier alpha value is -1.01. The molecule has 0 bridgehead atoms. The van der Waals surface area contributed by atoms with Crippen molar-refractivity contribution in [3.8, 4) is 0 Å². The second-order valence-corrected chi connectivity index (χ2v) is 10.1. The van der Waals surface area contributed by atoms with Crippen LogP contribution in [0.2, 0.25) is 0 Å². The normalized spacial score (nSPS) is 26.9. The largest absolute Gasteiger partial charge is 0.347 e. The highest BCUT2D eigenvalue weighted by molar-refractivity contribution is 7.94. The number of nitrogens with zero attached hydrogens (tertiary/aromatic N) is 1. The van der Waals surface area contributed by atoms with Crippen molar-refractivity contribution in [2.24, 2.45) is 0 Å². The lowest BCUT2D eigenvalue weighted by molar-refractivity contribution is 0.181. The van der Waals surface area contributed by atoms with Crippen molar-refractivity contribution in [2.45, 2.75) is 63.2 Å². The van der Waals surface area contributed by atoms with Crippen LogP contribution in [-0.4, -0.2) is 42.2 Å². The van der Waals surface area contributed by atoms with E-state index in [1.165, 1.54) is 44.3 Å². The molecule has 0 aliphatic carbocycles. The minimum Gasteiger partial charge on any atom is -0.347 e. The number of piperidine rings is 1. The molecule has 0 spiro atoms. The van der Waals surface area contributed by atoms with Crippen LogP contribution in [0.15, 0.2) is 12.3 Å². The molecular formula is C16H27N3O2S. The first-order valence-corrected chi connectivity index (χ1v) is 9.69. The summed E-state index contributed by atoms with van der Waals surface area (Å²) in [4.78, 5) is 5.69. The van der Waals surface area contributed by atoms with E-state index < -0.39 is 14.8 Å². The molecule has 5 nitrogen and oxygen atoms in total. The molecular weight excluding hydrogens is 298 g/mol. The first kappa shape index (κ1) is 15.9. The van der Waals surface area contributed by atoms with Gasteiger partial charge in [0.15, 0.2) is 0 Å². The number of sulfonamides is 1. The Labute approximate surface area is 133 Å². The van der Waals surface area contributed by atoms with Gasteiger partial charge in [0.1, 0.15) is 5.82 Å². The van der Waals surface area contributed by atoms with E-state index in [1.807, 2.05) is 12.3 Å². The summed E-state index contributed by atoms with van der Waals surface area (Å²) in [6.45, 7) is 7.53. The van der Waals surface area contributed by atoms with Crippen LogP contribution >= 0.6 is 0 Å². The van der Waals surface area contributed by atoms with Gasteiger partial charge in [-0.15, -0.1) is 0 Å². The highest BCUT2D eigenvalue weighted by Crippen LogP contribution is 2.37. The van der Waals surface area contributed by atoms with E-state index in [2.05, 4.69) is 14.6 Å². The van der Waals surface area contributed by atoms with Crippen LogP contribution in [0.1, 0.15) is 57.9 Å². The van der Waals surface area contributed by atoms with Crippen LogP contribution in [0.3, 0.4) is 0 Å². The molecule has 2 saturated heterocycles. The van der Waals surface area contributed by atoms with Crippen LogP contribution in [0.25, 0.3) is 0 Å². The van der Waals surface area contributed by atoms with Crippen LogP contribution in [0.5, 0.6) is 0 Å². The summed E-state index contributed by atoms with van der Waals surface area (Å²) < 4.78 is 26.3. The van der Waals surface area contributed by atoms with E-state index in [0.717, 1.165) is 6.04 Å². The van der Waals surface area contributed by atoms with Gasteiger partial charge in [-0.3, -0.25) is 4.72 Å². The Kier molecular flexibility index (Phi) is 4.01. The van der Waals surface area contributed by atoms with Crippen molar-refractivity contribution in [3.05, 3.63) is 17.8 Å². The average Bonchev–Trinajstić information content (AvgIpc) is 3.04. The van der Waals surface area contributed by atoms with E-state index in [4.69, 9.17) is 0 Å². The number of hydrogen-bond acceptors (Lipinski definition) is 3. The fourth-order valence-electron chi connectivity index (χ4n) is 3.53. The monoisotopic (exact) mass is 325 g/mol. The zero-order valence-electron chi connectivity index (χ0n) is 13.7. The molecule has 2 aliphatic rings. The molecule has 2 fully saturated rings. The molecule has 2 atom stereocenters. The summed E-state index contributed by atoms with van der Waals surface area (Å²) in [5, 5.41) is 0. The molecule has 3 rings (SSSR count). The molecule has 124 valence electrons. The predicted molar refractivity (Wildman–Crippen MR) is 89.7 cm³/mol. The molecule has 0 aromatic carbocycles. The highest BCUT2D eigenvalue weighted by Gasteiger charge is 2.33. The topological polar surface area (TPSA) is 65.2 Å². The van der Waals surface area contributed by atoms with Crippen molar-refractivity contribution in [2.75, 3.05) is 17.8 Å². The minimum absolute atomic E-state index is 0.545. The molecule has 1 aromatic rings. The van der Waals surface area contributed by atoms with Crippen molar-refractivity contribution in [1.29, 1.82) is 0 Å². The number of rotatable bonds is 3. The first-order valence-electron chi connectivity index (χ1n) is 8.21. The van der Waals surface area contributed by atoms with Crippen molar-refractivity contribution in [1.82, 2.24) is 9.88 Å². The second kappa shape index (κ2) is 5.57. The number of aromatic nitrogens is 1. The van der Waals surface area contributed by atoms with Gasteiger partial charge in [0.25, 0.3) is 0 Å². The van der Waals surface area contributed by atoms with Crippen LogP contribution in [0, 0.1) is 0 Å². The van der Waals surface area contributed by atoms with Gasteiger partial charge < -0.3 is 9.88 Å². The standard InChI is InChI=1S/C16H27N3O2S/c1-16(2,3)22(20,21)18-15-10-13(11-17-15)12-6-8-19-7-4-5-14(19)9-12/h10-12,14,17-18H,4-9H2,1-3H3. The summed E-state index contributed by atoms with van der Waals surface area (Å²) in [6.07, 6.45) is 6.96. The summed E-state index contributed by atoms with van der Waals surface area (Å²) in [6, 6.07) is 2.70. The lowest BCUT2D eigenvalue weighted by atomic mass is 9.87. The van der Waals surface area contributed by atoms with Crippen molar-refractivity contribution in [3.63, 3.8) is 0 Å². The SMILES string of the molecule is CC(C)(C)S(=O)(=O)Nc1cc(C2CCN3CCCC3C2)c[nH]1. The van der Waals surface area contributed by atoms with E-state index in [1.54, 1.807) is 20.8 Å². The number of H-pyrrole nitrogens is 1. The Morgan fingerprint density at radius 1 is 1.27 bits per heavy atom. The molecule has 2 unspecified atom stereocenters. The minimum atomic E-state index is -3.37. The van der Waals surface area contributed by atoms with Gasteiger partial charge in [-0.25, -0.2) is 8.42 Å². The van der Waals surface area contributed by atoms with E-state index in [9.17, 15) is 8.42 Å². The molecule has 3 heterocycles. The lowest BCUT2D eigenvalue weighted by Crippen LogP contribution is -2.37. The van der Waals surface area contributed by atoms with Gasteiger partial charge >= 0.3 is 0 Å². The third kappa shape index (κ3) is 3.04. The first-order chi connectivity index (χ1) is 10.3.